The lowest BCUT2D eigenvalue weighted by molar-refractivity contribution is 0.0925. The van der Waals surface area contributed by atoms with Crippen LogP contribution in [0.15, 0.2) is 42.6 Å². The molecular formula is C15H13N3O2. The SMILES string of the molecule is NCCc1ncccc1N1C(=O)c2ccccc2C1=O. The van der Waals surface area contributed by atoms with E-state index in [9.17, 15) is 9.59 Å². The first kappa shape index (κ1) is 12.5. The lowest BCUT2D eigenvalue weighted by Gasteiger charge is -2.16. The van der Waals surface area contributed by atoms with Crippen molar-refractivity contribution in [3.63, 3.8) is 0 Å². The van der Waals surface area contributed by atoms with Crippen molar-refractivity contribution < 1.29 is 9.59 Å². The molecule has 0 aliphatic carbocycles. The highest BCUT2D eigenvalue weighted by molar-refractivity contribution is 6.34. The van der Waals surface area contributed by atoms with Crippen molar-refractivity contribution in [2.45, 2.75) is 6.42 Å². The fourth-order valence-corrected chi connectivity index (χ4v) is 2.37. The largest absolute Gasteiger partial charge is 0.330 e. The van der Waals surface area contributed by atoms with Gasteiger partial charge in [0.2, 0.25) is 0 Å². The maximum absolute atomic E-state index is 12.4. The number of hydrogen-bond acceptors (Lipinski definition) is 4. The number of nitrogens with zero attached hydrogens (tertiary/aromatic N) is 2. The Kier molecular flexibility index (Phi) is 3.04. The number of amides is 2. The summed E-state index contributed by atoms with van der Waals surface area (Å²) < 4.78 is 0. The maximum atomic E-state index is 12.4. The minimum absolute atomic E-state index is 0.308. The smallest absolute Gasteiger partial charge is 0.266 e. The quantitative estimate of drug-likeness (QED) is 0.852. The summed E-state index contributed by atoms with van der Waals surface area (Å²) in [4.78, 5) is 30.2. The Bertz CT molecular complexity index is 662. The van der Waals surface area contributed by atoms with Gasteiger partial charge in [0, 0.05) is 12.6 Å². The van der Waals surface area contributed by atoms with E-state index in [1.807, 2.05) is 0 Å². The molecule has 1 aliphatic heterocycles. The zero-order valence-electron chi connectivity index (χ0n) is 10.7. The number of carbonyl (C=O) groups excluding carboxylic acids is 2. The normalized spacial score (nSPS) is 13.8. The first-order valence-electron chi connectivity index (χ1n) is 6.36. The number of benzene rings is 1. The van der Waals surface area contributed by atoms with Gasteiger partial charge in [-0.2, -0.15) is 0 Å². The number of imide groups is 1. The van der Waals surface area contributed by atoms with Gasteiger partial charge >= 0.3 is 0 Å². The molecule has 0 saturated heterocycles. The van der Waals surface area contributed by atoms with Gasteiger partial charge in [-0.25, -0.2) is 4.90 Å². The molecule has 2 N–H and O–H groups in total. The molecule has 2 amide bonds. The number of hydrogen-bond donors (Lipinski definition) is 1. The maximum Gasteiger partial charge on any atom is 0.266 e. The lowest BCUT2D eigenvalue weighted by atomic mass is 10.1. The molecule has 100 valence electrons. The monoisotopic (exact) mass is 267 g/mol. The summed E-state index contributed by atoms with van der Waals surface area (Å²) in [6.07, 6.45) is 2.15. The van der Waals surface area contributed by atoms with E-state index >= 15 is 0 Å². The Morgan fingerprint density at radius 3 is 2.25 bits per heavy atom. The van der Waals surface area contributed by atoms with Crippen LogP contribution < -0.4 is 10.6 Å². The molecule has 0 unspecified atom stereocenters. The molecule has 0 spiro atoms. The Hall–Kier alpha value is -2.53. The summed E-state index contributed by atoms with van der Waals surface area (Å²) in [5.74, 6) is -0.617. The summed E-state index contributed by atoms with van der Waals surface area (Å²) in [5, 5.41) is 0. The number of nitrogens with two attached hydrogens (primary N) is 1. The van der Waals surface area contributed by atoms with Crippen LogP contribution in [0.3, 0.4) is 0 Å². The Morgan fingerprint density at radius 2 is 1.65 bits per heavy atom. The molecule has 20 heavy (non-hydrogen) atoms. The van der Waals surface area contributed by atoms with Crippen LogP contribution in [-0.4, -0.2) is 23.3 Å². The third kappa shape index (κ3) is 1.80. The van der Waals surface area contributed by atoms with Crippen molar-refractivity contribution in [3.05, 3.63) is 59.4 Å². The summed E-state index contributed by atoms with van der Waals surface area (Å²) in [7, 11) is 0. The number of aromatic nitrogens is 1. The summed E-state index contributed by atoms with van der Waals surface area (Å²) in [6.45, 7) is 0.410. The zero-order chi connectivity index (χ0) is 14.1. The van der Waals surface area contributed by atoms with Crippen molar-refractivity contribution in [2.75, 3.05) is 11.4 Å². The van der Waals surface area contributed by atoms with E-state index in [1.165, 1.54) is 4.90 Å². The van der Waals surface area contributed by atoms with E-state index in [-0.39, 0.29) is 11.8 Å². The summed E-state index contributed by atoms with van der Waals surface area (Å²) in [5.41, 5.74) is 7.59. The molecule has 1 aromatic heterocycles. The summed E-state index contributed by atoms with van der Waals surface area (Å²) >= 11 is 0. The molecule has 0 atom stereocenters. The van der Waals surface area contributed by atoms with Gasteiger partial charge in [-0.05, 0) is 30.8 Å². The highest BCUT2D eigenvalue weighted by atomic mass is 16.2. The van der Waals surface area contributed by atoms with Gasteiger partial charge in [-0.15, -0.1) is 0 Å². The van der Waals surface area contributed by atoms with Crippen LogP contribution in [0.25, 0.3) is 0 Å². The number of pyridine rings is 1. The average Bonchev–Trinajstić information content (AvgIpc) is 2.73. The molecule has 3 rings (SSSR count). The number of anilines is 1. The van der Waals surface area contributed by atoms with Crippen molar-refractivity contribution in [1.29, 1.82) is 0 Å². The van der Waals surface area contributed by atoms with Gasteiger partial charge in [0.1, 0.15) is 0 Å². The van der Waals surface area contributed by atoms with Crippen molar-refractivity contribution in [2.24, 2.45) is 5.73 Å². The zero-order valence-corrected chi connectivity index (χ0v) is 10.7. The summed E-state index contributed by atoms with van der Waals surface area (Å²) in [6, 6.07) is 10.2. The molecule has 0 bridgehead atoms. The van der Waals surface area contributed by atoms with E-state index in [1.54, 1.807) is 42.6 Å². The second-order valence-electron chi connectivity index (χ2n) is 4.50. The molecule has 1 aromatic carbocycles. The molecule has 0 saturated carbocycles. The highest BCUT2D eigenvalue weighted by Gasteiger charge is 2.37. The topological polar surface area (TPSA) is 76.3 Å². The van der Waals surface area contributed by atoms with Crippen LogP contribution in [0, 0.1) is 0 Å². The van der Waals surface area contributed by atoms with Gasteiger partial charge < -0.3 is 5.73 Å². The van der Waals surface area contributed by atoms with Crippen molar-refractivity contribution in [3.8, 4) is 0 Å². The van der Waals surface area contributed by atoms with E-state index < -0.39 is 0 Å². The highest BCUT2D eigenvalue weighted by Crippen LogP contribution is 2.29. The molecule has 1 aliphatic rings. The predicted octanol–water partition coefficient (Wildman–Crippen LogP) is 1.38. The van der Waals surface area contributed by atoms with E-state index in [0.717, 1.165) is 0 Å². The minimum atomic E-state index is -0.308. The van der Waals surface area contributed by atoms with Crippen LogP contribution >= 0.6 is 0 Å². The fourth-order valence-electron chi connectivity index (χ4n) is 2.37. The Balaban J connectivity index is 2.10. The van der Waals surface area contributed by atoms with Gasteiger partial charge in [-0.3, -0.25) is 14.6 Å². The average molecular weight is 267 g/mol. The number of carbonyl (C=O) groups is 2. The molecule has 0 fully saturated rings. The van der Waals surface area contributed by atoms with Crippen molar-refractivity contribution >= 4 is 17.5 Å². The van der Waals surface area contributed by atoms with Gasteiger partial charge in [0.05, 0.1) is 22.5 Å². The third-order valence-electron chi connectivity index (χ3n) is 3.28. The van der Waals surface area contributed by atoms with Crippen molar-refractivity contribution in [1.82, 2.24) is 4.98 Å². The minimum Gasteiger partial charge on any atom is -0.330 e. The second-order valence-corrected chi connectivity index (χ2v) is 4.50. The fraction of sp³-hybridized carbons (Fsp3) is 0.133. The predicted molar refractivity (Wildman–Crippen MR) is 74.6 cm³/mol. The van der Waals surface area contributed by atoms with Crippen LogP contribution in [0.5, 0.6) is 0 Å². The van der Waals surface area contributed by atoms with Gasteiger partial charge in [-0.1, -0.05) is 12.1 Å². The van der Waals surface area contributed by atoms with Crippen LogP contribution in [-0.2, 0) is 6.42 Å². The molecular weight excluding hydrogens is 254 g/mol. The second kappa shape index (κ2) is 4.86. The van der Waals surface area contributed by atoms with E-state index in [0.29, 0.717) is 35.5 Å². The molecule has 0 radical (unpaired) electrons. The third-order valence-corrected chi connectivity index (χ3v) is 3.28. The molecule has 2 heterocycles. The first-order valence-corrected chi connectivity index (χ1v) is 6.36. The molecule has 2 aromatic rings. The van der Waals surface area contributed by atoms with Crippen LogP contribution in [0.4, 0.5) is 5.69 Å². The van der Waals surface area contributed by atoms with Crippen LogP contribution in [0.1, 0.15) is 26.4 Å². The standard InChI is InChI=1S/C15H13N3O2/c16-8-7-12-13(6-3-9-17-12)18-14(19)10-4-1-2-5-11(10)15(18)20/h1-6,9H,7-8,16H2. The number of fused-ring (bicyclic) bond motifs is 1. The number of rotatable bonds is 3. The Morgan fingerprint density at radius 1 is 1.00 bits per heavy atom. The first-order chi connectivity index (χ1) is 9.74. The lowest BCUT2D eigenvalue weighted by Crippen LogP contribution is -2.30. The van der Waals surface area contributed by atoms with Gasteiger partial charge in [0.15, 0.2) is 0 Å². The van der Waals surface area contributed by atoms with Crippen LogP contribution in [0.2, 0.25) is 0 Å². The van der Waals surface area contributed by atoms with E-state index in [2.05, 4.69) is 4.98 Å². The Labute approximate surface area is 116 Å². The molecule has 5 heteroatoms. The molecule has 5 nitrogen and oxygen atoms in total. The van der Waals surface area contributed by atoms with E-state index in [4.69, 9.17) is 5.73 Å². The van der Waals surface area contributed by atoms with Gasteiger partial charge in [0.25, 0.3) is 11.8 Å².